The summed E-state index contributed by atoms with van der Waals surface area (Å²) in [5.74, 6) is 2.33. The van der Waals surface area contributed by atoms with Crippen LogP contribution in [0.3, 0.4) is 0 Å². The second-order valence-electron chi connectivity index (χ2n) is 10.6. The van der Waals surface area contributed by atoms with Gasteiger partial charge in [0.1, 0.15) is 11.7 Å². The Balaban J connectivity index is 1.44. The van der Waals surface area contributed by atoms with Gasteiger partial charge in [-0.2, -0.15) is 0 Å². The first-order chi connectivity index (χ1) is 17.3. The number of allylic oxidation sites excluding steroid dienone is 2. The number of hydrogen-bond acceptors (Lipinski definition) is 3. The third kappa shape index (κ3) is 7.90. The molecule has 0 bridgehead atoms. The predicted octanol–water partition coefficient (Wildman–Crippen LogP) is 6.88. The number of piperidine rings is 1. The van der Waals surface area contributed by atoms with E-state index in [2.05, 4.69) is 48.2 Å². The van der Waals surface area contributed by atoms with E-state index in [9.17, 15) is 4.39 Å². The van der Waals surface area contributed by atoms with Crippen LogP contribution in [-0.4, -0.2) is 47.4 Å². The van der Waals surface area contributed by atoms with Crippen molar-refractivity contribution in [1.82, 2.24) is 9.80 Å². The molecule has 1 heterocycles. The van der Waals surface area contributed by atoms with Crippen molar-refractivity contribution in [3.05, 3.63) is 59.0 Å². The van der Waals surface area contributed by atoms with Crippen molar-refractivity contribution < 1.29 is 4.39 Å². The molecule has 4 nitrogen and oxygen atoms in total. The number of nitrogens with zero attached hydrogens (tertiary/aromatic N) is 3. The van der Waals surface area contributed by atoms with E-state index in [4.69, 9.17) is 17.3 Å². The molecule has 1 saturated carbocycles. The number of aryl methyl sites for hydroxylation is 1. The minimum Gasteiger partial charge on any atom is -0.360 e. The average molecular weight is 517 g/mol. The van der Waals surface area contributed by atoms with E-state index in [0.717, 1.165) is 81.7 Å². The minimum absolute atomic E-state index is 0.0327. The van der Waals surface area contributed by atoms with E-state index in [1.807, 2.05) is 6.07 Å². The molecule has 2 N–H and O–H groups in total. The maximum Gasteiger partial charge on any atom is 0.127 e. The van der Waals surface area contributed by atoms with Crippen LogP contribution in [0.2, 0.25) is 0 Å². The van der Waals surface area contributed by atoms with Gasteiger partial charge in [-0.15, -0.1) is 0 Å². The number of benzene rings is 1. The summed E-state index contributed by atoms with van der Waals surface area (Å²) in [5.41, 5.74) is 8.66. The Hall–Kier alpha value is -1.69. The van der Waals surface area contributed by atoms with Gasteiger partial charge in [0.25, 0.3) is 0 Å². The van der Waals surface area contributed by atoms with E-state index in [-0.39, 0.29) is 11.4 Å². The quantitative estimate of drug-likeness (QED) is 0.176. The minimum atomic E-state index is -0.0715. The van der Waals surface area contributed by atoms with Gasteiger partial charge >= 0.3 is 0 Å². The van der Waals surface area contributed by atoms with Crippen molar-refractivity contribution in [1.29, 1.82) is 0 Å². The van der Waals surface area contributed by atoms with Crippen molar-refractivity contribution in [3.8, 4) is 0 Å². The number of nitrogens with two attached hydrogens (primary N) is 1. The lowest BCUT2D eigenvalue weighted by Gasteiger charge is -2.35. The maximum atomic E-state index is 14.7. The molecule has 1 aromatic rings. The Labute approximate surface area is 223 Å². The summed E-state index contributed by atoms with van der Waals surface area (Å²) in [6.07, 6.45) is 11.7. The predicted molar refractivity (Wildman–Crippen MR) is 152 cm³/mol. The summed E-state index contributed by atoms with van der Waals surface area (Å²) in [4.78, 5) is 9.26. The standard InChI is InChI=1S/C30H46ClFN4/c1-5-16-35(8-4)22-25-12-11-23(19-28(25)32)10-9-15-30(33)20-27(30)24-13-17-36(18-14-24)29(7-3)34-21-26(31)6-2/h6,11-12,19,21,24,27H,2,5,7-10,13-18,20,22,33H2,1,3-4H3/b26-21+,34-29?. The Kier molecular flexibility index (Phi) is 11.0. The van der Waals surface area contributed by atoms with Crippen molar-refractivity contribution in [2.45, 2.75) is 84.2 Å². The van der Waals surface area contributed by atoms with E-state index in [1.165, 1.54) is 12.8 Å². The third-order valence-corrected chi connectivity index (χ3v) is 8.36. The highest BCUT2D eigenvalue weighted by atomic mass is 35.5. The van der Waals surface area contributed by atoms with Gasteiger partial charge in [-0.25, -0.2) is 9.38 Å². The van der Waals surface area contributed by atoms with Crippen LogP contribution in [-0.2, 0) is 13.0 Å². The Bertz CT molecular complexity index is 922. The molecule has 2 unspecified atom stereocenters. The van der Waals surface area contributed by atoms with Crippen molar-refractivity contribution in [2.24, 2.45) is 22.6 Å². The number of likely N-dealkylation sites (tertiary alicyclic amines) is 1. The summed E-state index contributed by atoms with van der Waals surface area (Å²) in [6.45, 7) is 14.8. The van der Waals surface area contributed by atoms with Crippen molar-refractivity contribution in [2.75, 3.05) is 26.2 Å². The van der Waals surface area contributed by atoms with Crippen molar-refractivity contribution in [3.63, 3.8) is 0 Å². The molecule has 0 aromatic heterocycles. The topological polar surface area (TPSA) is 44.9 Å². The molecule has 6 heteroatoms. The van der Waals surface area contributed by atoms with E-state index >= 15 is 0 Å². The first-order valence-corrected chi connectivity index (χ1v) is 14.3. The normalized spacial score (nSPS) is 23.4. The van der Waals surface area contributed by atoms with Crippen LogP contribution in [0, 0.1) is 17.7 Å². The largest absolute Gasteiger partial charge is 0.360 e. The number of halogens is 2. The lowest BCUT2D eigenvalue weighted by molar-refractivity contribution is 0.230. The Morgan fingerprint density at radius 2 is 2.06 bits per heavy atom. The first-order valence-electron chi connectivity index (χ1n) is 13.9. The molecule has 2 aliphatic rings. The monoisotopic (exact) mass is 516 g/mol. The van der Waals surface area contributed by atoms with E-state index in [0.29, 0.717) is 23.4 Å². The van der Waals surface area contributed by atoms with E-state index in [1.54, 1.807) is 18.3 Å². The van der Waals surface area contributed by atoms with Gasteiger partial charge in [0.05, 0.1) is 5.03 Å². The van der Waals surface area contributed by atoms with Crippen LogP contribution < -0.4 is 5.73 Å². The summed E-state index contributed by atoms with van der Waals surface area (Å²) >= 11 is 6.02. The number of rotatable bonds is 13. The SMILES string of the molecule is C=C/C(Cl)=C\N=C(CC)N1CCC(C2CC2(N)CCCc2ccc(CN(CC)CCC)c(F)c2)CC1. The fourth-order valence-corrected chi connectivity index (χ4v) is 5.87. The van der Waals surface area contributed by atoms with Crippen molar-refractivity contribution >= 4 is 17.4 Å². The molecule has 1 aliphatic heterocycles. The van der Waals surface area contributed by atoms with Gasteiger partial charge in [-0.05, 0) is 87.6 Å². The fourth-order valence-electron chi connectivity index (χ4n) is 5.82. The highest BCUT2D eigenvalue weighted by Crippen LogP contribution is 2.52. The highest BCUT2D eigenvalue weighted by molar-refractivity contribution is 6.31. The second-order valence-corrected chi connectivity index (χ2v) is 11.1. The molecule has 36 heavy (non-hydrogen) atoms. The van der Waals surface area contributed by atoms with Crippen LogP contribution in [0.25, 0.3) is 0 Å². The smallest absolute Gasteiger partial charge is 0.127 e. The molecule has 0 amide bonds. The van der Waals surface area contributed by atoms with Crippen LogP contribution in [0.15, 0.2) is 47.1 Å². The fraction of sp³-hybridized carbons (Fsp3) is 0.633. The Morgan fingerprint density at radius 3 is 2.67 bits per heavy atom. The average Bonchev–Trinajstić information content (AvgIpc) is 3.56. The molecule has 2 atom stereocenters. The number of hydrogen-bond donors (Lipinski definition) is 1. The van der Waals surface area contributed by atoms with Gasteiger partial charge in [0.2, 0.25) is 0 Å². The zero-order valence-corrected chi connectivity index (χ0v) is 23.4. The summed E-state index contributed by atoms with van der Waals surface area (Å²) < 4.78 is 14.7. The summed E-state index contributed by atoms with van der Waals surface area (Å²) in [6, 6.07) is 5.82. The van der Waals surface area contributed by atoms with Crippen LogP contribution in [0.5, 0.6) is 0 Å². The van der Waals surface area contributed by atoms with Gasteiger partial charge in [0, 0.05) is 43.4 Å². The molecule has 0 spiro atoms. The molecule has 0 radical (unpaired) electrons. The molecule has 1 aliphatic carbocycles. The number of aliphatic imine (C=N–C) groups is 1. The van der Waals surface area contributed by atoms with E-state index < -0.39 is 0 Å². The molecule has 200 valence electrons. The lowest BCUT2D eigenvalue weighted by atomic mass is 9.88. The van der Waals surface area contributed by atoms with Gasteiger partial charge < -0.3 is 10.6 Å². The molecule has 1 saturated heterocycles. The third-order valence-electron chi connectivity index (χ3n) is 8.11. The maximum absolute atomic E-state index is 14.7. The zero-order chi connectivity index (χ0) is 26.1. The highest BCUT2D eigenvalue weighted by Gasteiger charge is 2.53. The second kappa shape index (κ2) is 13.7. The molecule has 2 fully saturated rings. The van der Waals surface area contributed by atoms with Gasteiger partial charge in [-0.1, -0.05) is 51.1 Å². The van der Waals surface area contributed by atoms with Gasteiger partial charge in [0.15, 0.2) is 0 Å². The zero-order valence-electron chi connectivity index (χ0n) is 22.6. The van der Waals surface area contributed by atoms with Crippen LogP contribution >= 0.6 is 11.6 Å². The van der Waals surface area contributed by atoms with Crippen LogP contribution in [0.4, 0.5) is 4.39 Å². The molecular formula is C30H46ClFN4. The molecular weight excluding hydrogens is 471 g/mol. The lowest BCUT2D eigenvalue weighted by Crippen LogP contribution is -2.40. The summed E-state index contributed by atoms with van der Waals surface area (Å²) in [5, 5.41) is 0.565. The summed E-state index contributed by atoms with van der Waals surface area (Å²) in [7, 11) is 0. The Morgan fingerprint density at radius 1 is 1.31 bits per heavy atom. The number of amidine groups is 1. The molecule has 1 aromatic carbocycles. The first kappa shape index (κ1) is 28.9. The van der Waals surface area contributed by atoms with Gasteiger partial charge in [-0.3, -0.25) is 4.90 Å². The molecule has 3 rings (SSSR count). The van der Waals surface area contributed by atoms with Crippen LogP contribution in [0.1, 0.15) is 76.8 Å².